The summed E-state index contributed by atoms with van der Waals surface area (Å²) < 4.78 is 0. The molecule has 2 heterocycles. The van der Waals surface area contributed by atoms with E-state index in [0.29, 0.717) is 6.42 Å². The van der Waals surface area contributed by atoms with Gasteiger partial charge in [0.25, 0.3) is 0 Å². The van der Waals surface area contributed by atoms with Gasteiger partial charge in [-0.25, -0.2) is 0 Å². The topological polar surface area (TPSA) is 56.7 Å². The summed E-state index contributed by atoms with van der Waals surface area (Å²) >= 11 is 0. The molecule has 26 heavy (non-hydrogen) atoms. The summed E-state index contributed by atoms with van der Waals surface area (Å²) in [6.45, 7) is 6.88. The highest BCUT2D eigenvalue weighted by Crippen LogP contribution is 2.49. The van der Waals surface area contributed by atoms with Crippen LogP contribution in [0.3, 0.4) is 0 Å². The molecule has 2 saturated heterocycles. The second kappa shape index (κ2) is 8.65. The van der Waals surface area contributed by atoms with Gasteiger partial charge in [0.1, 0.15) is 0 Å². The zero-order chi connectivity index (χ0) is 17.3. The lowest BCUT2D eigenvalue weighted by molar-refractivity contribution is -0.119. The number of aliphatic imine (C=N–C) groups is 1. The van der Waals surface area contributed by atoms with Gasteiger partial charge in [-0.05, 0) is 63.2 Å². The Labute approximate surface area is 175 Å². The molecule has 2 N–H and O–H groups in total. The van der Waals surface area contributed by atoms with E-state index in [4.69, 9.17) is 4.99 Å². The number of hydrogen-bond donors (Lipinski definition) is 2. The molecule has 4 unspecified atom stereocenters. The van der Waals surface area contributed by atoms with Crippen molar-refractivity contribution in [3.63, 3.8) is 0 Å². The molecule has 4 rings (SSSR count). The Morgan fingerprint density at radius 2 is 2.27 bits per heavy atom. The number of carbonyl (C=O) groups is 1. The van der Waals surface area contributed by atoms with Crippen molar-refractivity contribution in [1.82, 2.24) is 15.5 Å². The van der Waals surface area contributed by atoms with Crippen LogP contribution in [0.2, 0.25) is 0 Å². The Bertz CT molecular complexity index is 540. The molecule has 2 aliphatic carbocycles. The Balaban J connectivity index is 0.00000196. The minimum atomic E-state index is 0. The number of amides is 1. The molecule has 2 aliphatic heterocycles. The van der Waals surface area contributed by atoms with Crippen molar-refractivity contribution in [1.29, 1.82) is 0 Å². The molecule has 5 nitrogen and oxygen atoms in total. The first kappa shape index (κ1) is 20.2. The van der Waals surface area contributed by atoms with Crippen LogP contribution in [0, 0.1) is 23.2 Å². The molecule has 2 saturated carbocycles. The molecule has 1 spiro atoms. The van der Waals surface area contributed by atoms with Crippen LogP contribution < -0.4 is 10.6 Å². The van der Waals surface area contributed by atoms with E-state index in [0.717, 1.165) is 69.3 Å². The van der Waals surface area contributed by atoms with Crippen LogP contribution in [-0.4, -0.2) is 49.5 Å². The molecule has 0 aromatic rings. The van der Waals surface area contributed by atoms with Gasteiger partial charge >= 0.3 is 0 Å². The van der Waals surface area contributed by atoms with Crippen LogP contribution in [0.4, 0.5) is 0 Å². The second-order valence-corrected chi connectivity index (χ2v) is 8.94. The minimum absolute atomic E-state index is 0. The normalized spacial score (nSPS) is 36.3. The Morgan fingerprint density at radius 3 is 2.92 bits per heavy atom. The number of likely N-dealkylation sites (tertiary alicyclic amines) is 1. The molecule has 0 radical (unpaired) electrons. The molecule has 4 aliphatic rings. The fourth-order valence-corrected chi connectivity index (χ4v) is 5.92. The third kappa shape index (κ3) is 4.30. The summed E-state index contributed by atoms with van der Waals surface area (Å²) in [7, 11) is 0. The van der Waals surface area contributed by atoms with Crippen molar-refractivity contribution in [2.75, 3.05) is 32.7 Å². The van der Waals surface area contributed by atoms with Crippen molar-refractivity contribution in [3.05, 3.63) is 0 Å². The first-order valence-corrected chi connectivity index (χ1v) is 10.5. The zero-order valence-electron chi connectivity index (χ0n) is 16.1. The first-order valence-electron chi connectivity index (χ1n) is 10.5. The quantitative estimate of drug-likeness (QED) is 0.374. The van der Waals surface area contributed by atoms with Gasteiger partial charge in [-0.2, -0.15) is 0 Å². The highest BCUT2D eigenvalue weighted by molar-refractivity contribution is 14.0. The number of rotatable bonds is 4. The van der Waals surface area contributed by atoms with E-state index < -0.39 is 0 Å². The number of nitrogens with zero attached hydrogens (tertiary/aromatic N) is 2. The van der Waals surface area contributed by atoms with Crippen molar-refractivity contribution >= 4 is 35.8 Å². The van der Waals surface area contributed by atoms with Crippen molar-refractivity contribution in [3.8, 4) is 0 Å². The Kier molecular flexibility index (Phi) is 6.73. The lowest BCUT2D eigenvalue weighted by atomic mass is 9.79. The first-order chi connectivity index (χ1) is 12.2. The molecule has 0 aromatic heterocycles. The van der Waals surface area contributed by atoms with Crippen LogP contribution in [0.15, 0.2) is 4.99 Å². The largest absolute Gasteiger partial charge is 0.357 e. The summed E-state index contributed by atoms with van der Waals surface area (Å²) in [6.07, 6.45) is 10.2. The smallest absolute Gasteiger partial charge is 0.220 e. The van der Waals surface area contributed by atoms with E-state index in [1.165, 1.54) is 32.1 Å². The third-order valence-corrected chi connectivity index (χ3v) is 7.14. The van der Waals surface area contributed by atoms with Crippen molar-refractivity contribution in [2.24, 2.45) is 28.2 Å². The third-order valence-electron chi connectivity index (χ3n) is 7.14. The van der Waals surface area contributed by atoms with Gasteiger partial charge in [0.15, 0.2) is 5.96 Å². The number of piperidine rings is 1. The number of halogens is 1. The highest BCUT2D eigenvalue weighted by Gasteiger charge is 2.42. The summed E-state index contributed by atoms with van der Waals surface area (Å²) in [5.74, 6) is 4.25. The lowest BCUT2D eigenvalue weighted by Crippen LogP contribution is -2.51. The summed E-state index contributed by atoms with van der Waals surface area (Å²) in [5, 5.41) is 6.54. The predicted molar refractivity (Wildman–Crippen MR) is 116 cm³/mol. The van der Waals surface area contributed by atoms with E-state index in [1.54, 1.807) is 0 Å². The van der Waals surface area contributed by atoms with Gasteiger partial charge in [0.05, 0.1) is 0 Å². The van der Waals surface area contributed by atoms with E-state index >= 15 is 0 Å². The zero-order valence-corrected chi connectivity index (χ0v) is 18.5. The molecule has 2 bridgehead atoms. The fourth-order valence-electron chi connectivity index (χ4n) is 5.92. The van der Waals surface area contributed by atoms with Crippen LogP contribution in [0.25, 0.3) is 0 Å². The summed E-state index contributed by atoms with van der Waals surface area (Å²) in [4.78, 5) is 19.1. The summed E-state index contributed by atoms with van der Waals surface area (Å²) in [6, 6.07) is 0. The standard InChI is InChI=1S/C20H34N4O.HI/c1-2-21-19(22-8-6-17-11-15-4-5-16(17)10-15)24-9-3-7-20(14-24)12-18(25)23-13-20;/h15-17H,2-14H2,1H3,(H,21,22)(H,23,25);1H. The molecule has 148 valence electrons. The van der Waals surface area contributed by atoms with E-state index in [1.807, 2.05) is 0 Å². The van der Waals surface area contributed by atoms with Crippen LogP contribution in [0.1, 0.15) is 58.3 Å². The molecule has 6 heteroatoms. The van der Waals surface area contributed by atoms with Gasteiger partial charge in [-0.15, -0.1) is 24.0 Å². The van der Waals surface area contributed by atoms with Crippen molar-refractivity contribution in [2.45, 2.75) is 58.3 Å². The van der Waals surface area contributed by atoms with Gasteiger partial charge in [-0.1, -0.05) is 6.42 Å². The summed E-state index contributed by atoms with van der Waals surface area (Å²) in [5.41, 5.74) is 0.135. The molecule has 1 amide bonds. The predicted octanol–water partition coefficient (Wildman–Crippen LogP) is 3.00. The second-order valence-electron chi connectivity index (χ2n) is 8.94. The minimum Gasteiger partial charge on any atom is -0.357 e. The van der Waals surface area contributed by atoms with Gasteiger partial charge < -0.3 is 15.5 Å². The molecule has 0 aromatic carbocycles. The van der Waals surface area contributed by atoms with Crippen LogP contribution >= 0.6 is 24.0 Å². The molecular formula is C20H35IN4O. The number of carbonyl (C=O) groups excluding carboxylic acids is 1. The monoisotopic (exact) mass is 474 g/mol. The number of guanidine groups is 1. The fraction of sp³-hybridized carbons (Fsp3) is 0.900. The van der Waals surface area contributed by atoms with E-state index in [9.17, 15) is 4.79 Å². The van der Waals surface area contributed by atoms with Crippen LogP contribution in [0.5, 0.6) is 0 Å². The number of fused-ring (bicyclic) bond motifs is 2. The molecule has 4 fully saturated rings. The highest BCUT2D eigenvalue weighted by atomic mass is 127. The molecule has 4 atom stereocenters. The Hall–Kier alpha value is -0.530. The van der Waals surface area contributed by atoms with Crippen molar-refractivity contribution < 1.29 is 4.79 Å². The number of hydrogen-bond acceptors (Lipinski definition) is 2. The maximum Gasteiger partial charge on any atom is 0.220 e. The van der Waals surface area contributed by atoms with Gasteiger partial charge in [0.2, 0.25) is 5.91 Å². The van der Waals surface area contributed by atoms with E-state index in [-0.39, 0.29) is 35.3 Å². The maximum absolute atomic E-state index is 11.7. The van der Waals surface area contributed by atoms with Gasteiger partial charge in [0, 0.05) is 44.6 Å². The Morgan fingerprint density at radius 1 is 1.38 bits per heavy atom. The van der Waals surface area contributed by atoms with E-state index in [2.05, 4.69) is 22.5 Å². The van der Waals surface area contributed by atoms with Gasteiger partial charge in [-0.3, -0.25) is 9.79 Å². The average Bonchev–Trinajstić information content (AvgIpc) is 3.31. The number of nitrogens with one attached hydrogen (secondary N) is 2. The molecular weight excluding hydrogens is 439 g/mol. The van der Waals surface area contributed by atoms with Crippen LogP contribution in [-0.2, 0) is 4.79 Å². The average molecular weight is 474 g/mol. The lowest BCUT2D eigenvalue weighted by Gasteiger charge is -2.40. The SMILES string of the molecule is CCNC(=NCCC1CC2CCC1C2)N1CCCC2(CNC(=O)C2)C1.I. The maximum atomic E-state index is 11.7.